The summed E-state index contributed by atoms with van der Waals surface area (Å²) in [4.78, 5) is 14.0. The molecule has 1 fully saturated rings. The normalized spacial score (nSPS) is 21.3. The molecule has 0 spiro atoms. The standard InChI is InChI=1S/C20H29F3N2O5/c1-18(2,3)30-17(27)25-15(11-28-19(25,4)5)16(26)14(24)10-12-7-6-8-13(9-12)29-20(21,22)23/h6-9,14-16,26H,10-11,24H2,1-5H3/t14-,15?,16-/m0/s1. The third kappa shape index (κ3) is 6.48. The second-order valence-electron chi connectivity index (χ2n) is 8.73. The summed E-state index contributed by atoms with van der Waals surface area (Å²) in [5, 5.41) is 10.8. The number of benzene rings is 1. The molecular formula is C20H29F3N2O5. The molecule has 1 aliphatic rings. The monoisotopic (exact) mass is 434 g/mol. The minimum Gasteiger partial charge on any atom is -0.444 e. The average molecular weight is 434 g/mol. The van der Waals surface area contributed by atoms with E-state index in [0.717, 1.165) is 0 Å². The Hall–Kier alpha value is -2.04. The van der Waals surface area contributed by atoms with Crippen molar-refractivity contribution in [2.75, 3.05) is 6.61 Å². The SMILES string of the molecule is CC(C)(C)OC(=O)N1C([C@@H](O)[C@@H](N)Cc2cccc(OC(F)(F)F)c2)COC1(C)C. The van der Waals surface area contributed by atoms with E-state index in [-0.39, 0.29) is 18.8 Å². The quantitative estimate of drug-likeness (QED) is 0.739. The zero-order valence-corrected chi connectivity index (χ0v) is 17.7. The van der Waals surface area contributed by atoms with Gasteiger partial charge in [0.1, 0.15) is 17.1 Å². The Morgan fingerprint density at radius 1 is 1.37 bits per heavy atom. The Balaban J connectivity index is 2.13. The highest BCUT2D eigenvalue weighted by atomic mass is 19.4. The first-order chi connectivity index (χ1) is 13.6. The summed E-state index contributed by atoms with van der Waals surface area (Å²) >= 11 is 0. The molecule has 1 aromatic rings. The van der Waals surface area contributed by atoms with Gasteiger partial charge >= 0.3 is 12.5 Å². The van der Waals surface area contributed by atoms with Crippen molar-refractivity contribution in [1.29, 1.82) is 0 Å². The molecule has 7 nitrogen and oxygen atoms in total. The van der Waals surface area contributed by atoms with Crippen LogP contribution in [-0.4, -0.2) is 58.6 Å². The molecule has 1 heterocycles. The minimum atomic E-state index is -4.80. The molecule has 2 rings (SSSR count). The highest BCUT2D eigenvalue weighted by Gasteiger charge is 2.49. The lowest BCUT2D eigenvalue weighted by molar-refractivity contribution is -0.274. The molecule has 0 saturated carbocycles. The van der Waals surface area contributed by atoms with Gasteiger partial charge in [-0.25, -0.2) is 4.79 Å². The van der Waals surface area contributed by atoms with Gasteiger partial charge < -0.3 is 25.1 Å². The molecule has 0 aliphatic carbocycles. The smallest absolute Gasteiger partial charge is 0.444 e. The lowest BCUT2D eigenvalue weighted by Crippen LogP contribution is -2.57. The van der Waals surface area contributed by atoms with E-state index in [2.05, 4.69) is 4.74 Å². The number of nitrogens with zero attached hydrogens (tertiary/aromatic N) is 1. The van der Waals surface area contributed by atoms with Crippen LogP contribution in [0.5, 0.6) is 5.75 Å². The van der Waals surface area contributed by atoms with E-state index in [1.165, 1.54) is 23.1 Å². The molecule has 0 radical (unpaired) electrons. The summed E-state index contributed by atoms with van der Waals surface area (Å²) in [7, 11) is 0. The van der Waals surface area contributed by atoms with Gasteiger partial charge in [-0.1, -0.05) is 12.1 Å². The first-order valence-electron chi connectivity index (χ1n) is 9.54. The molecule has 30 heavy (non-hydrogen) atoms. The van der Waals surface area contributed by atoms with Crippen LogP contribution >= 0.6 is 0 Å². The number of hydrogen-bond donors (Lipinski definition) is 2. The van der Waals surface area contributed by atoms with Crippen LogP contribution in [0.4, 0.5) is 18.0 Å². The van der Waals surface area contributed by atoms with E-state index in [9.17, 15) is 23.1 Å². The van der Waals surface area contributed by atoms with Gasteiger partial charge in [-0.15, -0.1) is 13.2 Å². The van der Waals surface area contributed by atoms with Crippen molar-refractivity contribution >= 4 is 6.09 Å². The van der Waals surface area contributed by atoms with E-state index in [0.29, 0.717) is 5.56 Å². The van der Waals surface area contributed by atoms with Crippen molar-refractivity contribution in [3.63, 3.8) is 0 Å². The van der Waals surface area contributed by atoms with Gasteiger partial charge in [0, 0.05) is 6.04 Å². The summed E-state index contributed by atoms with van der Waals surface area (Å²) in [6.45, 7) is 8.56. The maximum atomic E-state index is 12.7. The maximum Gasteiger partial charge on any atom is 0.573 e. The Labute approximate surface area is 173 Å². The van der Waals surface area contributed by atoms with Gasteiger partial charge in [-0.05, 0) is 58.7 Å². The Bertz CT molecular complexity index is 749. The van der Waals surface area contributed by atoms with Crippen LogP contribution < -0.4 is 10.5 Å². The van der Waals surface area contributed by atoms with E-state index in [1.807, 2.05) is 0 Å². The topological polar surface area (TPSA) is 94.2 Å². The lowest BCUT2D eigenvalue weighted by Gasteiger charge is -2.37. The van der Waals surface area contributed by atoms with E-state index >= 15 is 0 Å². The Kier molecular flexibility index (Phi) is 6.95. The van der Waals surface area contributed by atoms with Crippen LogP contribution in [0.3, 0.4) is 0 Å². The second-order valence-corrected chi connectivity index (χ2v) is 8.73. The molecule has 1 aliphatic heterocycles. The highest BCUT2D eigenvalue weighted by molar-refractivity contribution is 5.70. The third-order valence-electron chi connectivity index (χ3n) is 4.55. The van der Waals surface area contributed by atoms with Gasteiger partial charge in [0.05, 0.1) is 18.8 Å². The zero-order valence-electron chi connectivity index (χ0n) is 17.7. The summed E-state index contributed by atoms with van der Waals surface area (Å²) in [5.74, 6) is -0.373. The summed E-state index contributed by atoms with van der Waals surface area (Å²) in [6.07, 6.45) is -6.59. The molecule has 170 valence electrons. The van der Waals surface area contributed by atoms with E-state index in [4.69, 9.17) is 15.2 Å². The number of rotatable bonds is 5. The van der Waals surface area contributed by atoms with E-state index in [1.54, 1.807) is 40.7 Å². The number of hydrogen-bond acceptors (Lipinski definition) is 6. The van der Waals surface area contributed by atoms with Crippen molar-refractivity contribution in [1.82, 2.24) is 4.90 Å². The van der Waals surface area contributed by atoms with Crippen molar-refractivity contribution < 1.29 is 37.3 Å². The number of halogens is 3. The Morgan fingerprint density at radius 3 is 2.57 bits per heavy atom. The van der Waals surface area contributed by atoms with Gasteiger partial charge in [-0.2, -0.15) is 0 Å². The van der Waals surface area contributed by atoms with Crippen LogP contribution in [0.25, 0.3) is 0 Å². The number of nitrogens with two attached hydrogens (primary N) is 1. The first kappa shape index (κ1) is 24.2. The number of alkyl halides is 3. The minimum absolute atomic E-state index is 0.0400. The molecule has 0 aromatic heterocycles. The number of ether oxygens (including phenoxy) is 3. The second kappa shape index (κ2) is 8.60. The van der Waals surface area contributed by atoms with E-state index < -0.39 is 42.0 Å². The molecule has 1 amide bonds. The summed E-state index contributed by atoms with van der Waals surface area (Å²) in [5.41, 5.74) is 4.82. The fourth-order valence-corrected chi connectivity index (χ4v) is 3.30. The predicted molar refractivity (Wildman–Crippen MR) is 103 cm³/mol. The third-order valence-corrected chi connectivity index (χ3v) is 4.55. The molecule has 1 unspecified atom stereocenters. The summed E-state index contributed by atoms with van der Waals surface area (Å²) in [6, 6.07) is 3.72. The van der Waals surface area contributed by atoms with Crippen LogP contribution in [0.15, 0.2) is 24.3 Å². The van der Waals surface area contributed by atoms with Crippen LogP contribution in [0.1, 0.15) is 40.2 Å². The van der Waals surface area contributed by atoms with Crippen LogP contribution in [0.2, 0.25) is 0 Å². The molecule has 1 saturated heterocycles. The lowest BCUT2D eigenvalue weighted by atomic mass is 9.96. The zero-order chi connectivity index (χ0) is 22.9. The van der Waals surface area contributed by atoms with Crippen molar-refractivity contribution in [2.45, 2.75) is 76.9 Å². The molecule has 0 bridgehead atoms. The fraction of sp³-hybridized carbons (Fsp3) is 0.650. The Morgan fingerprint density at radius 2 is 2.00 bits per heavy atom. The predicted octanol–water partition coefficient (Wildman–Crippen LogP) is 3.19. The van der Waals surface area contributed by atoms with Crippen LogP contribution in [-0.2, 0) is 15.9 Å². The maximum absolute atomic E-state index is 12.7. The highest BCUT2D eigenvalue weighted by Crippen LogP contribution is 2.32. The van der Waals surface area contributed by atoms with Gasteiger partial charge in [-0.3, -0.25) is 4.90 Å². The molecule has 1 aromatic carbocycles. The van der Waals surface area contributed by atoms with Crippen molar-refractivity contribution in [3.05, 3.63) is 29.8 Å². The fourth-order valence-electron chi connectivity index (χ4n) is 3.30. The number of aliphatic hydroxyl groups excluding tert-OH is 1. The number of carbonyl (C=O) groups is 1. The number of carbonyl (C=O) groups excluding carboxylic acids is 1. The number of aliphatic hydroxyl groups is 1. The van der Waals surface area contributed by atoms with Crippen molar-refractivity contribution in [2.24, 2.45) is 5.73 Å². The largest absolute Gasteiger partial charge is 0.573 e. The molecular weight excluding hydrogens is 405 g/mol. The molecule has 10 heteroatoms. The molecule has 3 N–H and O–H groups in total. The van der Waals surface area contributed by atoms with Gasteiger partial charge in [0.15, 0.2) is 0 Å². The van der Waals surface area contributed by atoms with Gasteiger partial charge in [0.2, 0.25) is 0 Å². The van der Waals surface area contributed by atoms with Crippen molar-refractivity contribution in [3.8, 4) is 5.75 Å². The summed E-state index contributed by atoms with van der Waals surface area (Å²) < 4.78 is 52.3. The van der Waals surface area contributed by atoms with Crippen LogP contribution in [0, 0.1) is 0 Å². The first-order valence-corrected chi connectivity index (χ1v) is 9.54. The van der Waals surface area contributed by atoms with Gasteiger partial charge in [0.25, 0.3) is 0 Å². The number of amides is 1. The molecule has 3 atom stereocenters. The average Bonchev–Trinajstić information content (AvgIpc) is 2.86.